The molecule has 0 radical (unpaired) electrons. The molecule has 1 aliphatic rings. The molecule has 0 heterocycles. The van der Waals surface area contributed by atoms with Crippen LogP contribution in [0.15, 0.2) is 188 Å². The van der Waals surface area contributed by atoms with Crippen LogP contribution in [0.3, 0.4) is 0 Å². The third kappa shape index (κ3) is 7.34. The van der Waals surface area contributed by atoms with E-state index in [9.17, 15) is 0 Å². The molecule has 0 aromatic heterocycles. The minimum absolute atomic E-state index is 0.00839. The van der Waals surface area contributed by atoms with Crippen LogP contribution in [0.4, 0.5) is 11.4 Å². The van der Waals surface area contributed by atoms with Gasteiger partial charge < -0.3 is 10.6 Å². The first-order chi connectivity index (χ1) is 28.9. The summed E-state index contributed by atoms with van der Waals surface area (Å²) < 4.78 is 0. The number of rotatable bonds is 12. The minimum atomic E-state index is -0.0732. The minimum Gasteiger partial charge on any atom is -0.375 e. The number of aryl methyl sites for hydroxylation is 1. The molecule has 1 aliphatic carbocycles. The molecule has 2 heteroatoms. The molecule has 0 amide bonds. The fourth-order valence-corrected chi connectivity index (χ4v) is 9.78. The van der Waals surface area contributed by atoms with Crippen molar-refractivity contribution < 1.29 is 0 Å². The Bertz CT molecular complexity index is 2470. The lowest BCUT2D eigenvalue weighted by Gasteiger charge is -2.34. The first-order valence-electron chi connectivity index (χ1n) is 21.4. The molecular weight excluding hydrogens is 713 g/mol. The van der Waals surface area contributed by atoms with Gasteiger partial charge in [0.1, 0.15) is 0 Å². The van der Waals surface area contributed by atoms with Crippen molar-refractivity contribution >= 4 is 22.1 Å². The van der Waals surface area contributed by atoms with Crippen LogP contribution in [0.2, 0.25) is 0 Å². The average molecular weight is 767 g/mol. The highest BCUT2D eigenvalue weighted by Crippen LogP contribution is 2.52. The average Bonchev–Trinajstić information content (AvgIpc) is 3.56. The van der Waals surface area contributed by atoms with Gasteiger partial charge in [-0.1, -0.05) is 221 Å². The smallest absolute Gasteiger partial charge is 0.0763 e. The molecule has 2 nitrogen and oxygen atoms in total. The van der Waals surface area contributed by atoms with Crippen LogP contribution in [-0.4, -0.2) is 0 Å². The Balaban J connectivity index is 1.32. The lowest BCUT2D eigenvalue weighted by Crippen LogP contribution is -2.25. The SMILES string of the molecule is Cc1cc(C(c2ccccc2)c2ccccc2)c(NC2c3cccc4cccc(c34)C2Nc2c(C(C)C)cccc2C(C)C)c(C(c2ccccc2)c2ccccc2)c1. The summed E-state index contributed by atoms with van der Waals surface area (Å²) in [7, 11) is 0. The zero-order valence-corrected chi connectivity index (χ0v) is 34.9. The topological polar surface area (TPSA) is 24.1 Å². The maximum atomic E-state index is 4.46. The fraction of sp³-hybridized carbons (Fsp3) is 0.193. The van der Waals surface area contributed by atoms with Gasteiger partial charge in [0.15, 0.2) is 0 Å². The Hall–Kier alpha value is -6.38. The quantitative estimate of drug-likeness (QED) is 0.121. The molecule has 292 valence electrons. The third-order valence-corrected chi connectivity index (χ3v) is 12.4. The van der Waals surface area contributed by atoms with E-state index in [0.29, 0.717) is 11.8 Å². The molecule has 2 unspecified atom stereocenters. The highest BCUT2D eigenvalue weighted by Gasteiger charge is 2.38. The number of para-hydroxylation sites is 1. The lowest BCUT2D eigenvalue weighted by molar-refractivity contribution is 0.672. The molecule has 8 aromatic rings. The second kappa shape index (κ2) is 16.5. The first kappa shape index (κ1) is 38.2. The van der Waals surface area contributed by atoms with Gasteiger partial charge in [-0.15, -0.1) is 0 Å². The van der Waals surface area contributed by atoms with E-state index in [-0.39, 0.29) is 23.9 Å². The summed E-state index contributed by atoms with van der Waals surface area (Å²) in [6, 6.07) is 69.7. The largest absolute Gasteiger partial charge is 0.375 e. The van der Waals surface area contributed by atoms with Crippen LogP contribution < -0.4 is 10.6 Å². The number of hydrogen-bond acceptors (Lipinski definition) is 2. The van der Waals surface area contributed by atoms with Gasteiger partial charge in [-0.2, -0.15) is 0 Å². The van der Waals surface area contributed by atoms with Crippen molar-refractivity contribution in [3.05, 3.63) is 249 Å². The van der Waals surface area contributed by atoms with Crippen LogP contribution in [0.25, 0.3) is 10.8 Å². The van der Waals surface area contributed by atoms with E-state index < -0.39 is 0 Å². The molecule has 0 saturated heterocycles. The normalized spacial score (nSPS) is 14.8. The third-order valence-electron chi connectivity index (χ3n) is 12.4. The Labute approximate surface area is 351 Å². The van der Waals surface area contributed by atoms with Gasteiger partial charge in [0.05, 0.1) is 12.1 Å². The predicted molar refractivity (Wildman–Crippen MR) is 250 cm³/mol. The van der Waals surface area contributed by atoms with E-state index in [2.05, 4.69) is 233 Å². The molecule has 0 aliphatic heterocycles. The van der Waals surface area contributed by atoms with Crippen molar-refractivity contribution in [2.75, 3.05) is 10.6 Å². The zero-order valence-electron chi connectivity index (χ0n) is 34.9. The summed E-state index contributed by atoms with van der Waals surface area (Å²) in [5.41, 5.74) is 16.7. The van der Waals surface area contributed by atoms with Crippen molar-refractivity contribution in [3.8, 4) is 0 Å². The number of nitrogens with one attached hydrogen (secondary N) is 2. The molecule has 2 N–H and O–H groups in total. The second-order valence-corrected chi connectivity index (χ2v) is 17.0. The molecule has 8 aromatic carbocycles. The van der Waals surface area contributed by atoms with Crippen LogP contribution in [0, 0.1) is 6.92 Å². The van der Waals surface area contributed by atoms with Crippen LogP contribution in [-0.2, 0) is 0 Å². The molecule has 59 heavy (non-hydrogen) atoms. The molecule has 0 saturated carbocycles. The fourth-order valence-electron chi connectivity index (χ4n) is 9.78. The number of benzene rings is 8. The van der Waals surface area contributed by atoms with Crippen molar-refractivity contribution in [2.45, 2.75) is 70.4 Å². The summed E-state index contributed by atoms with van der Waals surface area (Å²) in [5, 5.41) is 11.4. The van der Waals surface area contributed by atoms with Crippen molar-refractivity contribution in [3.63, 3.8) is 0 Å². The van der Waals surface area contributed by atoms with E-state index in [1.165, 1.54) is 83.3 Å². The maximum absolute atomic E-state index is 4.46. The first-order valence-corrected chi connectivity index (χ1v) is 21.4. The number of hydrogen-bond donors (Lipinski definition) is 2. The summed E-state index contributed by atoms with van der Waals surface area (Å²) >= 11 is 0. The summed E-state index contributed by atoms with van der Waals surface area (Å²) in [6.07, 6.45) is 0. The van der Waals surface area contributed by atoms with Gasteiger partial charge in [0.25, 0.3) is 0 Å². The van der Waals surface area contributed by atoms with E-state index in [4.69, 9.17) is 0 Å². The lowest BCUT2D eigenvalue weighted by atomic mass is 9.78. The van der Waals surface area contributed by atoms with E-state index in [1.807, 2.05) is 0 Å². The summed E-state index contributed by atoms with van der Waals surface area (Å²) in [6.45, 7) is 11.5. The van der Waals surface area contributed by atoms with E-state index in [0.717, 1.165) is 0 Å². The Kier molecular flexibility index (Phi) is 10.7. The maximum Gasteiger partial charge on any atom is 0.0763 e. The summed E-state index contributed by atoms with van der Waals surface area (Å²) in [4.78, 5) is 0. The van der Waals surface area contributed by atoms with Gasteiger partial charge in [-0.3, -0.25) is 0 Å². The van der Waals surface area contributed by atoms with Gasteiger partial charge in [-0.25, -0.2) is 0 Å². The van der Waals surface area contributed by atoms with E-state index >= 15 is 0 Å². The molecule has 2 atom stereocenters. The monoisotopic (exact) mass is 766 g/mol. The standard InChI is InChI=1S/C57H54N2/c1-37(2)45-31-20-32-46(38(3)4)54(45)58-56-47-33-18-29-44-30-19-34-48(53(44)47)57(56)59-55-49(51(40-21-10-6-11-22-40)41-23-12-7-13-24-41)35-39(5)36-50(55)52(42-25-14-8-15-26-42)43-27-16-9-17-28-43/h6-38,51-52,56-59H,1-5H3. The Morgan fingerprint density at radius 2 is 0.712 bits per heavy atom. The molecule has 9 rings (SSSR count). The predicted octanol–water partition coefficient (Wildman–Crippen LogP) is 15.1. The second-order valence-electron chi connectivity index (χ2n) is 17.0. The van der Waals surface area contributed by atoms with Gasteiger partial charge in [0.2, 0.25) is 0 Å². The highest BCUT2D eigenvalue weighted by molar-refractivity contribution is 5.93. The molecular formula is C57H54N2. The van der Waals surface area contributed by atoms with Crippen LogP contribution in [0.1, 0.15) is 125 Å². The van der Waals surface area contributed by atoms with E-state index in [1.54, 1.807) is 0 Å². The number of anilines is 2. The zero-order chi connectivity index (χ0) is 40.5. The Morgan fingerprint density at radius 1 is 0.373 bits per heavy atom. The summed E-state index contributed by atoms with van der Waals surface area (Å²) in [5.74, 6) is 0.719. The van der Waals surface area contributed by atoms with Crippen molar-refractivity contribution in [2.24, 2.45) is 0 Å². The van der Waals surface area contributed by atoms with Gasteiger partial charge >= 0.3 is 0 Å². The molecule has 0 bridgehead atoms. The van der Waals surface area contributed by atoms with Crippen LogP contribution >= 0.6 is 0 Å². The van der Waals surface area contributed by atoms with Gasteiger partial charge in [-0.05, 0) is 85.2 Å². The Morgan fingerprint density at radius 3 is 1.07 bits per heavy atom. The highest BCUT2D eigenvalue weighted by atomic mass is 15.1. The van der Waals surface area contributed by atoms with Gasteiger partial charge in [0, 0.05) is 23.2 Å². The molecule has 0 fully saturated rings. The van der Waals surface area contributed by atoms with Crippen LogP contribution in [0.5, 0.6) is 0 Å². The molecule has 0 spiro atoms. The van der Waals surface area contributed by atoms with Crippen molar-refractivity contribution in [1.29, 1.82) is 0 Å². The van der Waals surface area contributed by atoms with Crippen molar-refractivity contribution in [1.82, 2.24) is 0 Å².